The molecule has 0 fully saturated rings. The van der Waals surface area contributed by atoms with Gasteiger partial charge in [-0.1, -0.05) is 0 Å². The highest BCUT2D eigenvalue weighted by atomic mass is 19.4. The van der Waals surface area contributed by atoms with Crippen LogP contribution in [-0.4, -0.2) is 10.8 Å². The van der Waals surface area contributed by atoms with Crippen molar-refractivity contribution in [1.29, 1.82) is 0 Å². The molecule has 1 N–H and O–H groups in total. The Hall–Kier alpha value is -1.26. The fourth-order valence-electron chi connectivity index (χ4n) is 1.66. The molecule has 14 heavy (non-hydrogen) atoms. The number of aromatic amines is 1. The summed E-state index contributed by atoms with van der Waals surface area (Å²) in [5.41, 5.74) is -0.185. The minimum Gasteiger partial charge on any atom is -0.354 e. The Morgan fingerprint density at radius 2 is 2.00 bits per heavy atom. The third-order valence-corrected chi connectivity index (χ3v) is 2.34. The van der Waals surface area contributed by atoms with Crippen LogP contribution in [0.15, 0.2) is 6.07 Å². The summed E-state index contributed by atoms with van der Waals surface area (Å²) in [6.45, 7) is 0. The predicted octanol–water partition coefficient (Wildman–Crippen LogP) is 2.55. The van der Waals surface area contributed by atoms with Gasteiger partial charge in [0, 0.05) is 17.7 Å². The first kappa shape index (κ1) is 9.30. The van der Waals surface area contributed by atoms with Gasteiger partial charge in [0.1, 0.15) is 5.69 Å². The van der Waals surface area contributed by atoms with Gasteiger partial charge in [-0.05, 0) is 18.9 Å². The molecular formula is C9H8F3NO. The molecule has 0 radical (unpaired) electrons. The summed E-state index contributed by atoms with van der Waals surface area (Å²) >= 11 is 0. The van der Waals surface area contributed by atoms with E-state index in [1.807, 2.05) is 0 Å². The van der Waals surface area contributed by atoms with Crippen LogP contribution < -0.4 is 0 Å². The molecule has 1 heterocycles. The molecular weight excluding hydrogens is 195 g/mol. The Bertz CT molecular complexity index is 378. The molecule has 0 spiro atoms. The number of hydrogen-bond donors (Lipinski definition) is 1. The summed E-state index contributed by atoms with van der Waals surface area (Å²) in [6, 6.07) is 0.914. The van der Waals surface area contributed by atoms with E-state index in [4.69, 9.17) is 0 Å². The highest BCUT2D eigenvalue weighted by molar-refractivity contribution is 5.98. The Morgan fingerprint density at radius 3 is 2.57 bits per heavy atom. The molecule has 0 atom stereocenters. The molecule has 0 bridgehead atoms. The zero-order valence-electron chi connectivity index (χ0n) is 7.24. The van der Waals surface area contributed by atoms with E-state index in [2.05, 4.69) is 4.98 Å². The Labute approximate surface area is 78.1 Å². The van der Waals surface area contributed by atoms with Crippen LogP contribution in [-0.2, 0) is 12.6 Å². The van der Waals surface area contributed by atoms with Crippen molar-refractivity contribution in [3.05, 3.63) is 23.0 Å². The fraction of sp³-hybridized carbons (Fsp3) is 0.444. The summed E-state index contributed by atoms with van der Waals surface area (Å²) in [5, 5.41) is 0. The van der Waals surface area contributed by atoms with Gasteiger partial charge in [0.15, 0.2) is 5.78 Å². The number of ketones is 1. The number of carbonyl (C=O) groups is 1. The monoisotopic (exact) mass is 203 g/mol. The van der Waals surface area contributed by atoms with Crippen molar-refractivity contribution in [1.82, 2.24) is 4.98 Å². The quantitative estimate of drug-likeness (QED) is 0.690. The van der Waals surface area contributed by atoms with E-state index < -0.39 is 11.9 Å². The lowest BCUT2D eigenvalue weighted by Crippen LogP contribution is -2.08. The number of fused-ring (bicyclic) bond motifs is 1. The smallest absolute Gasteiger partial charge is 0.354 e. The zero-order chi connectivity index (χ0) is 10.3. The van der Waals surface area contributed by atoms with Crippen molar-refractivity contribution >= 4 is 5.78 Å². The van der Waals surface area contributed by atoms with Gasteiger partial charge in [-0.3, -0.25) is 4.79 Å². The molecule has 2 rings (SSSR count). The normalized spacial score (nSPS) is 16.9. The minimum absolute atomic E-state index is 0.196. The molecule has 0 saturated carbocycles. The largest absolute Gasteiger partial charge is 0.431 e. The molecule has 1 aromatic heterocycles. The van der Waals surface area contributed by atoms with E-state index in [1.54, 1.807) is 0 Å². The summed E-state index contributed by atoms with van der Waals surface area (Å²) in [6.07, 6.45) is -2.89. The lowest BCUT2D eigenvalue weighted by Gasteiger charge is -2.08. The molecule has 76 valence electrons. The van der Waals surface area contributed by atoms with Crippen molar-refractivity contribution in [2.45, 2.75) is 25.4 Å². The molecule has 5 heteroatoms. The lowest BCUT2D eigenvalue weighted by molar-refractivity contribution is -0.140. The van der Waals surface area contributed by atoms with Crippen LogP contribution in [0.3, 0.4) is 0 Å². The second kappa shape index (κ2) is 2.87. The average Bonchev–Trinajstić information content (AvgIpc) is 2.48. The second-order valence-electron chi connectivity index (χ2n) is 3.35. The van der Waals surface area contributed by atoms with Crippen molar-refractivity contribution in [2.24, 2.45) is 0 Å². The van der Waals surface area contributed by atoms with Crippen LogP contribution in [0.5, 0.6) is 0 Å². The Kier molecular flexibility index (Phi) is 1.90. The lowest BCUT2D eigenvalue weighted by atomic mass is 9.97. The van der Waals surface area contributed by atoms with Crippen LogP contribution in [0.2, 0.25) is 0 Å². The van der Waals surface area contributed by atoms with Crippen LogP contribution in [0.1, 0.15) is 34.6 Å². The van der Waals surface area contributed by atoms with Gasteiger partial charge in [-0.15, -0.1) is 0 Å². The maximum atomic E-state index is 12.3. The Morgan fingerprint density at radius 1 is 1.29 bits per heavy atom. The van der Waals surface area contributed by atoms with Gasteiger partial charge in [0.25, 0.3) is 0 Å². The first-order valence-corrected chi connectivity index (χ1v) is 4.31. The summed E-state index contributed by atoms with van der Waals surface area (Å²) < 4.78 is 36.8. The van der Waals surface area contributed by atoms with E-state index in [1.165, 1.54) is 0 Å². The Balaban J connectivity index is 2.45. The number of H-pyrrole nitrogens is 1. The molecule has 1 aliphatic rings. The molecule has 0 amide bonds. The zero-order valence-corrected chi connectivity index (χ0v) is 7.24. The van der Waals surface area contributed by atoms with Crippen molar-refractivity contribution in [3.8, 4) is 0 Å². The van der Waals surface area contributed by atoms with E-state index in [9.17, 15) is 18.0 Å². The molecule has 1 aromatic rings. The number of carbonyl (C=O) groups excluding carboxylic acids is 1. The van der Waals surface area contributed by atoms with Crippen molar-refractivity contribution in [3.63, 3.8) is 0 Å². The number of hydrogen-bond acceptors (Lipinski definition) is 1. The SMILES string of the molecule is O=C1CCCc2[nH]c(C(F)(F)F)cc21. The molecule has 1 aliphatic carbocycles. The number of aromatic nitrogens is 1. The number of Topliss-reactive ketones (excluding diaryl/α,β-unsaturated/α-hetero) is 1. The number of nitrogens with one attached hydrogen (secondary N) is 1. The first-order chi connectivity index (χ1) is 6.48. The third-order valence-electron chi connectivity index (χ3n) is 2.34. The van der Waals surface area contributed by atoms with Crippen LogP contribution in [0.25, 0.3) is 0 Å². The van der Waals surface area contributed by atoms with Gasteiger partial charge in [-0.25, -0.2) is 0 Å². The predicted molar refractivity (Wildman–Crippen MR) is 43.1 cm³/mol. The first-order valence-electron chi connectivity index (χ1n) is 4.31. The summed E-state index contributed by atoms with van der Waals surface area (Å²) in [4.78, 5) is 13.5. The topological polar surface area (TPSA) is 32.9 Å². The van der Waals surface area contributed by atoms with Gasteiger partial charge in [0.2, 0.25) is 0 Å². The molecule has 0 aromatic carbocycles. The van der Waals surface area contributed by atoms with E-state index >= 15 is 0 Å². The van der Waals surface area contributed by atoms with Gasteiger partial charge in [0.05, 0.1) is 0 Å². The molecule has 0 unspecified atom stereocenters. The number of alkyl halides is 3. The van der Waals surface area contributed by atoms with Gasteiger partial charge in [-0.2, -0.15) is 13.2 Å². The highest BCUT2D eigenvalue weighted by Crippen LogP contribution is 2.32. The second-order valence-corrected chi connectivity index (χ2v) is 3.35. The number of halogens is 3. The third kappa shape index (κ3) is 1.42. The van der Waals surface area contributed by atoms with E-state index in [-0.39, 0.29) is 11.3 Å². The number of rotatable bonds is 0. The minimum atomic E-state index is -4.39. The highest BCUT2D eigenvalue weighted by Gasteiger charge is 2.35. The molecule has 2 nitrogen and oxygen atoms in total. The number of aryl methyl sites for hydroxylation is 1. The van der Waals surface area contributed by atoms with E-state index in [0.717, 1.165) is 6.07 Å². The van der Waals surface area contributed by atoms with Crippen LogP contribution in [0, 0.1) is 0 Å². The van der Waals surface area contributed by atoms with Crippen molar-refractivity contribution in [2.75, 3.05) is 0 Å². The van der Waals surface area contributed by atoms with Crippen molar-refractivity contribution < 1.29 is 18.0 Å². The molecule has 0 aliphatic heterocycles. The van der Waals surface area contributed by atoms with Gasteiger partial charge < -0.3 is 4.98 Å². The van der Waals surface area contributed by atoms with Crippen LogP contribution in [0.4, 0.5) is 13.2 Å². The van der Waals surface area contributed by atoms with Crippen LogP contribution >= 0.6 is 0 Å². The summed E-state index contributed by atoms with van der Waals surface area (Å²) in [5.74, 6) is -0.196. The maximum Gasteiger partial charge on any atom is 0.431 e. The fourth-order valence-corrected chi connectivity index (χ4v) is 1.66. The van der Waals surface area contributed by atoms with Gasteiger partial charge >= 0.3 is 6.18 Å². The summed E-state index contributed by atoms with van der Waals surface area (Å²) in [7, 11) is 0. The molecule has 0 saturated heterocycles. The maximum absolute atomic E-state index is 12.3. The standard InChI is InChI=1S/C9H8F3NO/c10-9(11,12)8-4-5-6(13-8)2-1-3-7(5)14/h4,13H,1-3H2. The average molecular weight is 203 g/mol. The van der Waals surface area contributed by atoms with E-state index in [0.29, 0.717) is 25.0 Å².